The largest absolute Gasteiger partial charge is 0.338 e. The molecule has 23 heavy (non-hydrogen) atoms. The number of hydrogen-bond acceptors (Lipinski definition) is 4. The van der Waals surface area contributed by atoms with Gasteiger partial charge in [0.25, 0.3) is 11.6 Å². The van der Waals surface area contributed by atoms with E-state index in [1.54, 1.807) is 11.0 Å². The van der Waals surface area contributed by atoms with Gasteiger partial charge >= 0.3 is 0 Å². The fourth-order valence-corrected chi connectivity index (χ4v) is 3.78. The van der Waals surface area contributed by atoms with E-state index in [9.17, 15) is 14.9 Å². The number of halogens is 2. The second-order valence-corrected chi connectivity index (χ2v) is 6.88. The number of likely N-dealkylation sites (tertiary alicyclic amines) is 1. The van der Waals surface area contributed by atoms with Gasteiger partial charge in [-0.05, 0) is 49.9 Å². The van der Waals surface area contributed by atoms with Crippen LogP contribution >= 0.6 is 28.3 Å². The van der Waals surface area contributed by atoms with Crippen LogP contribution in [0.3, 0.4) is 0 Å². The predicted molar refractivity (Wildman–Crippen MR) is 93.0 cm³/mol. The Kier molecular flexibility index (Phi) is 6.00. The van der Waals surface area contributed by atoms with Crippen molar-refractivity contribution in [3.05, 3.63) is 38.3 Å². The zero-order valence-electron chi connectivity index (χ0n) is 12.5. The molecule has 3 rings (SSSR count). The Bertz CT molecular complexity index is 600. The van der Waals surface area contributed by atoms with Crippen molar-refractivity contribution in [1.29, 1.82) is 0 Å². The minimum Gasteiger partial charge on any atom is -0.338 e. The highest BCUT2D eigenvalue weighted by Gasteiger charge is 2.33. The number of nitro groups is 1. The van der Waals surface area contributed by atoms with Crippen molar-refractivity contribution < 1.29 is 9.72 Å². The van der Waals surface area contributed by atoms with Crippen LogP contribution in [0.4, 0.5) is 5.69 Å². The van der Waals surface area contributed by atoms with Gasteiger partial charge in [0.05, 0.1) is 4.92 Å². The number of hydrogen-bond donors (Lipinski definition) is 1. The molecule has 0 saturated carbocycles. The normalized spacial score (nSPS) is 23.6. The number of benzene rings is 1. The Balaban J connectivity index is 0.00000192. The van der Waals surface area contributed by atoms with Gasteiger partial charge in [0.1, 0.15) is 5.56 Å². The third kappa shape index (κ3) is 3.84. The first kappa shape index (κ1) is 18.2. The first-order chi connectivity index (χ1) is 10.6. The molecule has 126 valence electrons. The van der Waals surface area contributed by atoms with Crippen LogP contribution in [0.1, 0.15) is 23.2 Å². The summed E-state index contributed by atoms with van der Waals surface area (Å²) in [6, 6.07) is 4.61. The van der Waals surface area contributed by atoms with Crippen molar-refractivity contribution >= 4 is 39.9 Å². The third-order valence-corrected chi connectivity index (χ3v) is 5.19. The van der Waals surface area contributed by atoms with Crippen molar-refractivity contribution in [2.75, 3.05) is 26.2 Å². The summed E-state index contributed by atoms with van der Waals surface area (Å²) in [4.78, 5) is 25.2. The summed E-state index contributed by atoms with van der Waals surface area (Å²) in [7, 11) is 0. The second kappa shape index (κ2) is 7.59. The van der Waals surface area contributed by atoms with Gasteiger partial charge in [0, 0.05) is 23.6 Å². The first-order valence-electron chi connectivity index (χ1n) is 7.50. The van der Waals surface area contributed by atoms with Gasteiger partial charge in [-0.15, -0.1) is 12.4 Å². The van der Waals surface area contributed by atoms with E-state index in [0.717, 1.165) is 25.9 Å². The molecule has 2 fully saturated rings. The van der Waals surface area contributed by atoms with Crippen molar-refractivity contribution in [2.24, 2.45) is 11.8 Å². The predicted octanol–water partition coefficient (Wildman–Crippen LogP) is 2.85. The number of fused-ring (bicyclic) bond motifs is 1. The number of nitrogens with zero attached hydrogens (tertiary/aromatic N) is 2. The third-order valence-electron chi connectivity index (χ3n) is 4.69. The molecule has 0 unspecified atom stereocenters. The lowest BCUT2D eigenvalue weighted by molar-refractivity contribution is -0.385. The zero-order valence-corrected chi connectivity index (χ0v) is 14.9. The van der Waals surface area contributed by atoms with Crippen molar-refractivity contribution in [3.8, 4) is 0 Å². The molecule has 6 nitrogen and oxygen atoms in total. The monoisotopic (exact) mass is 403 g/mol. The van der Waals surface area contributed by atoms with Gasteiger partial charge < -0.3 is 10.2 Å². The molecule has 2 atom stereocenters. The van der Waals surface area contributed by atoms with Crippen LogP contribution in [0.15, 0.2) is 22.7 Å². The highest BCUT2D eigenvalue weighted by Crippen LogP contribution is 2.29. The van der Waals surface area contributed by atoms with Gasteiger partial charge in [0.2, 0.25) is 0 Å². The fraction of sp³-hybridized carbons (Fsp3) is 0.533. The summed E-state index contributed by atoms with van der Waals surface area (Å²) in [5.41, 5.74) is 0.0452. The summed E-state index contributed by atoms with van der Waals surface area (Å²) in [6.07, 6.45) is 1.93. The smallest absolute Gasteiger partial charge is 0.283 e. The lowest BCUT2D eigenvalue weighted by atomic mass is 9.92. The molecule has 1 aromatic rings. The average molecular weight is 405 g/mol. The molecule has 1 N–H and O–H groups in total. The molecule has 1 amide bonds. The van der Waals surface area contributed by atoms with Crippen molar-refractivity contribution in [1.82, 2.24) is 10.2 Å². The van der Waals surface area contributed by atoms with Crippen LogP contribution in [0.5, 0.6) is 0 Å². The molecule has 2 saturated heterocycles. The van der Waals surface area contributed by atoms with Gasteiger partial charge in [-0.25, -0.2) is 0 Å². The van der Waals surface area contributed by atoms with E-state index < -0.39 is 4.92 Å². The molecule has 0 spiro atoms. The summed E-state index contributed by atoms with van der Waals surface area (Å²) in [5, 5.41) is 14.6. The zero-order chi connectivity index (χ0) is 15.7. The fourth-order valence-electron chi connectivity index (χ4n) is 3.43. The number of carbonyl (C=O) groups is 1. The molecule has 0 bridgehead atoms. The van der Waals surface area contributed by atoms with E-state index >= 15 is 0 Å². The average Bonchev–Trinajstić information content (AvgIpc) is 2.85. The first-order valence-corrected chi connectivity index (χ1v) is 8.29. The summed E-state index contributed by atoms with van der Waals surface area (Å²) in [6.45, 7) is 3.39. The van der Waals surface area contributed by atoms with Crippen molar-refractivity contribution in [3.63, 3.8) is 0 Å². The molecule has 2 heterocycles. The highest BCUT2D eigenvalue weighted by atomic mass is 79.9. The van der Waals surface area contributed by atoms with Gasteiger partial charge in [-0.2, -0.15) is 0 Å². The van der Waals surface area contributed by atoms with Crippen LogP contribution < -0.4 is 5.32 Å². The van der Waals surface area contributed by atoms with Crippen LogP contribution in [0.2, 0.25) is 0 Å². The second-order valence-electron chi connectivity index (χ2n) is 5.97. The van der Waals surface area contributed by atoms with E-state index in [1.807, 2.05) is 0 Å². The molecule has 2 aliphatic rings. The number of carbonyl (C=O) groups excluding carboxylic acids is 1. The van der Waals surface area contributed by atoms with Gasteiger partial charge in [0.15, 0.2) is 0 Å². The molecule has 8 heteroatoms. The molecule has 0 aliphatic carbocycles. The van der Waals surface area contributed by atoms with Gasteiger partial charge in [-0.3, -0.25) is 14.9 Å². The maximum absolute atomic E-state index is 12.7. The summed E-state index contributed by atoms with van der Waals surface area (Å²) >= 11 is 3.22. The van der Waals surface area contributed by atoms with E-state index in [2.05, 4.69) is 21.2 Å². The van der Waals surface area contributed by atoms with Crippen LogP contribution in [-0.4, -0.2) is 41.9 Å². The SMILES string of the molecule is Cl.O=C(c1ccc(Br)cc1[N+](=O)[O-])N1CC[C@@H]2CNC[C@@H]2CC1. The molecular weight excluding hydrogens is 386 g/mol. The Morgan fingerprint density at radius 2 is 1.87 bits per heavy atom. The molecular formula is C15H19BrClN3O3. The van der Waals surface area contributed by atoms with E-state index in [4.69, 9.17) is 0 Å². The minimum atomic E-state index is -0.492. The Hall–Kier alpha value is -1.18. The van der Waals surface area contributed by atoms with E-state index in [1.165, 1.54) is 12.1 Å². The number of rotatable bonds is 2. The molecule has 2 aliphatic heterocycles. The lowest BCUT2D eigenvalue weighted by Crippen LogP contribution is -2.33. The highest BCUT2D eigenvalue weighted by molar-refractivity contribution is 9.10. The molecule has 0 aromatic heterocycles. The molecule has 0 radical (unpaired) electrons. The maximum Gasteiger partial charge on any atom is 0.283 e. The Morgan fingerprint density at radius 1 is 1.26 bits per heavy atom. The van der Waals surface area contributed by atoms with Crippen LogP contribution in [0, 0.1) is 22.0 Å². The topological polar surface area (TPSA) is 75.5 Å². The Morgan fingerprint density at radius 3 is 2.43 bits per heavy atom. The standard InChI is InChI=1S/C15H18BrN3O3.ClH/c16-12-1-2-13(14(7-12)19(21)22)15(20)18-5-3-10-8-17-9-11(10)4-6-18;/h1-2,7,10-11,17H,3-6,8-9H2;1H/t10-,11+;. The minimum absolute atomic E-state index is 0. The number of nitro benzene ring substituents is 1. The van der Waals surface area contributed by atoms with E-state index in [-0.39, 0.29) is 29.6 Å². The van der Waals surface area contributed by atoms with Crippen LogP contribution in [-0.2, 0) is 0 Å². The summed E-state index contributed by atoms with van der Waals surface area (Å²) < 4.78 is 0.604. The number of amides is 1. The van der Waals surface area contributed by atoms with Crippen molar-refractivity contribution in [2.45, 2.75) is 12.8 Å². The number of nitrogens with one attached hydrogen (secondary N) is 1. The van der Waals surface area contributed by atoms with Crippen LogP contribution in [0.25, 0.3) is 0 Å². The quantitative estimate of drug-likeness (QED) is 0.607. The Labute approximate surface area is 149 Å². The van der Waals surface area contributed by atoms with Gasteiger partial charge in [-0.1, -0.05) is 15.9 Å². The lowest BCUT2D eigenvalue weighted by Gasteiger charge is -2.21. The maximum atomic E-state index is 12.7. The van der Waals surface area contributed by atoms with E-state index in [0.29, 0.717) is 29.4 Å². The molecule has 1 aromatic carbocycles. The summed E-state index contributed by atoms with van der Waals surface area (Å²) in [5.74, 6) is 1.02.